The maximum atomic E-state index is 13.5. The summed E-state index contributed by atoms with van der Waals surface area (Å²) >= 11 is 0. The average Bonchev–Trinajstić information content (AvgIpc) is 2.75. The van der Waals surface area contributed by atoms with Crippen molar-refractivity contribution in [3.8, 4) is 22.8 Å². The Bertz CT molecular complexity index is 1100. The minimum atomic E-state index is -0.894. The van der Waals surface area contributed by atoms with E-state index in [1.807, 2.05) is 31.2 Å². The van der Waals surface area contributed by atoms with Gasteiger partial charge in [-0.15, -0.1) is 0 Å². The Kier molecular flexibility index (Phi) is 7.31. The zero-order valence-corrected chi connectivity index (χ0v) is 16.8. The minimum Gasteiger partial charge on any atom is -0.494 e. The van der Waals surface area contributed by atoms with Gasteiger partial charge in [-0.3, -0.25) is 9.59 Å². The number of rotatable bonds is 9. The van der Waals surface area contributed by atoms with Crippen LogP contribution in [0.3, 0.4) is 0 Å². The minimum absolute atomic E-state index is 0.119. The monoisotopic (exact) mass is 429 g/mol. The van der Waals surface area contributed by atoms with Gasteiger partial charge in [0.15, 0.2) is 18.2 Å². The molecule has 3 rings (SSSR count). The second-order valence-corrected chi connectivity index (χ2v) is 6.45. The van der Waals surface area contributed by atoms with Gasteiger partial charge in [0.05, 0.1) is 18.8 Å². The zero-order chi connectivity index (χ0) is 22.2. The Balaban J connectivity index is 1.54. The van der Waals surface area contributed by atoms with E-state index in [9.17, 15) is 18.4 Å². The van der Waals surface area contributed by atoms with Crippen molar-refractivity contribution in [3.05, 3.63) is 76.6 Å². The first-order valence-electron chi connectivity index (χ1n) is 9.62. The van der Waals surface area contributed by atoms with E-state index in [0.717, 1.165) is 23.4 Å². The lowest BCUT2D eigenvalue weighted by Gasteiger charge is -2.10. The summed E-state index contributed by atoms with van der Waals surface area (Å²) in [6.45, 7) is 2.28. The van der Waals surface area contributed by atoms with Crippen LogP contribution in [0.15, 0.2) is 59.4 Å². The lowest BCUT2D eigenvalue weighted by Crippen LogP contribution is -2.34. The fourth-order valence-corrected chi connectivity index (χ4v) is 2.74. The van der Waals surface area contributed by atoms with Crippen molar-refractivity contribution in [2.24, 2.45) is 0 Å². The first-order valence-corrected chi connectivity index (χ1v) is 9.62. The van der Waals surface area contributed by atoms with Crippen LogP contribution >= 0.6 is 0 Å². The molecule has 0 spiro atoms. The van der Waals surface area contributed by atoms with E-state index in [1.54, 1.807) is 6.07 Å². The van der Waals surface area contributed by atoms with Crippen LogP contribution in [0, 0.1) is 11.6 Å². The molecule has 9 heteroatoms. The molecule has 0 radical (unpaired) electrons. The van der Waals surface area contributed by atoms with Crippen LogP contribution < -0.4 is 20.3 Å². The topological polar surface area (TPSA) is 82.5 Å². The van der Waals surface area contributed by atoms with Crippen LogP contribution in [0.25, 0.3) is 11.3 Å². The largest absolute Gasteiger partial charge is 0.494 e. The van der Waals surface area contributed by atoms with E-state index >= 15 is 0 Å². The van der Waals surface area contributed by atoms with E-state index in [2.05, 4.69) is 10.4 Å². The highest BCUT2D eigenvalue weighted by Crippen LogP contribution is 2.20. The molecule has 0 atom stereocenters. The molecule has 0 unspecified atom stereocenters. The highest BCUT2D eigenvalue weighted by molar-refractivity contribution is 5.77. The zero-order valence-electron chi connectivity index (χ0n) is 16.8. The van der Waals surface area contributed by atoms with Gasteiger partial charge in [-0.05, 0) is 49.4 Å². The number of carbonyl (C=O) groups is 1. The van der Waals surface area contributed by atoms with Crippen molar-refractivity contribution in [3.63, 3.8) is 0 Å². The predicted molar refractivity (Wildman–Crippen MR) is 110 cm³/mol. The van der Waals surface area contributed by atoms with Gasteiger partial charge in [0.2, 0.25) is 0 Å². The average molecular weight is 429 g/mol. The Morgan fingerprint density at radius 3 is 2.55 bits per heavy atom. The van der Waals surface area contributed by atoms with E-state index in [4.69, 9.17) is 9.47 Å². The molecule has 0 saturated carbocycles. The molecule has 0 saturated heterocycles. The summed E-state index contributed by atoms with van der Waals surface area (Å²) in [6.07, 6.45) is 0. The summed E-state index contributed by atoms with van der Waals surface area (Å²) in [5, 5.41) is 6.89. The fraction of sp³-hybridized carbons (Fsp3) is 0.227. The molecular weight excluding hydrogens is 408 g/mol. The number of hydrogen-bond acceptors (Lipinski definition) is 5. The van der Waals surface area contributed by atoms with Crippen molar-refractivity contribution < 1.29 is 23.0 Å². The molecule has 1 N–H and O–H groups in total. The first-order chi connectivity index (χ1) is 15.0. The van der Waals surface area contributed by atoms with Gasteiger partial charge in [-0.2, -0.15) is 5.10 Å². The molecule has 3 aromatic rings. The van der Waals surface area contributed by atoms with E-state index in [1.165, 1.54) is 10.7 Å². The summed E-state index contributed by atoms with van der Waals surface area (Å²) in [5.74, 6) is -1.63. The van der Waals surface area contributed by atoms with Crippen molar-refractivity contribution >= 4 is 5.91 Å². The third kappa shape index (κ3) is 6.11. The van der Waals surface area contributed by atoms with Gasteiger partial charge in [0, 0.05) is 24.2 Å². The summed E-state index contributed by atoms with van der Waals surface area (Å²) in [5.41, 5.74) is 1.11. The Hall–Kier alpha value is -3.75. The standard InChI is InChI=1S/C22H21F2N3O4/c1-2-30-17-6-3-15(4-7-17)19-8-10-22(29)27(26-19)12-11-25-21(28)14-31-20-9-5-16(23)13-18(20)24/h3-10,13H,2,11-12,14H2,1H3,(H,25,28). The molecule has 7 nitrogen and oxygen atoms in total. The van der Waals surface area contributed by atoms with Gasteiger partial charge in [0.25, 0.3) is 11.5 Å². The molecular formula is C22H21F2N3O4. The summed E-state index contributed by atoms with van der Waals surface area (Å²) in [7, 11) is 0. The summed E-state index contributed by atoms with van der Waals surface area (Å²) in [4.78, 5) is 24.0. The number of nitrogens with one attached hydrogen (secondary N) is 1. The third-order valence-electron chi connectivity index (χ3n) is 4.23. The highest BCUT2D eigenvalue weighted by Gasteiger charge is 2.09. The lowest BCUT2D eigenvalue weighted by molar-refractivity contribution is -0.123. The van der Waals surface area contributed by atoms with Crippen LogP contribution in [0.1, 0.15) is 6.92 Å². The SMILES string of the molecule is CCOc1ccc(-c2ccc(=O)n(CCNC(=O)COc3ccc(F)cc3F)n2)cc1. The van der Waals surface area contributed by atoms with Crippen LogP contribution in [0.5, 0.6) is 11.5 Å². The Morgan fingerprint density at radius 2 is 1.84 bits per heavy atom. The number of nitrogens with zero attached hydrogens (tertiary/aromatic N) is 2. The van der Waals surface area contributed by atoms with Gasteiger partial charge >= 0.3 is 0 Å². The maximum Gasteiger partial charge on any atom is 0.266 e. The van der Waals surface area contributed by atoms with Crippen molar-refractivity contribution in [2.75, 3.05) is 19.8 Å². The molecule has 1 amide bonds. The van der Waals surface area contributed by atoms with Crippen molar-refractivity contribution in [1.29, 1.82) is 0 Å². The van der Waals surface area contributed by atoms with Gasteiger partial charge in [-0.1, -0.05) is 0 Å². The molecule has 0 aliphatic rings. The number of hydrogen-bond donors (Lipinski definition) is 1. The Labute approximate surface area is 177 Å². The number of amides is 1. The van der Waals surface area contributed by atoms with Gasteiger partial charge in [0.1, 0.15) is 11.6 Å². The van der Waals surface area contributed by atoms with E-state index < -0.39 is 24.1 Å². The van der Waals surface area contributed by atoms with Crippen LogP contribution in [-0.4, -0.2) is 35.4 Å². The van der Waals surface area contributed by atoms with Gasteiger partial charge in [-0.25, -0.2) is 13.5 Å². The molecule has 0 bridgehead atoms. The predicted octanol–water partition coefficient (Wildman–Crippen LogP) is 2.78. The smallest absolute Gasteiger partial charge is 0.266 e. The normalized spacial score (nSPS) is 10.5. The highest BCUT2D eigenvalue weighted by atomic mass is 19.1. The molecule has 0 aliphatic carbocycles. The van der Waals surface area contributed by atoms with Crippen molar-refractivity contribution in [2.45, 2.75) is 13.5 Å². The van der Waals surface area contributed by atoms with Crippen LogP contribution in [-0.2, 0) is 11.3 Å². The molecule has 1 aromatic heterocycles. The quantitative estimate of drug-likeness (QED) is 0.566. The molecule has 31 heavy (non-hydrogen) atoms. The van der Waals surface area contributed by atoms with E-state index in [-0.39, 0.29) is 24.4 Å². The fourth-order valence-electron chi connectivity index (χ4n) is 2.74. The number of carbonyl (C=O) groups excluding carboxylic acids is 1. The summed E-state index contributed by atoms with van der Waals surface area (Å²) in [6, 6.07) is 13.2. The maximum absolute atomic E-state index is 13.5. The van der Waals surface area contributed by atoms with E-state index in [0.29, 0.717) is 18.4 Å². The molecule has 0 fully saturated rings. The van der Waals surface area contributed by atoms with Crippen molar-refractivity contribution in [1.82, 2.24) is 15.1 Å². The first kappa shape index (κ1) is 21.9. The number of aromatic nitrogens is 2. The van der Waals surface area contributed by atoms with Crippen LogP contribution in [0.4, 0.5) is 8.78 Å². The molecule has 0 aliphatic heterocycles. The van der Waals surface area contributed by atoms with Gasteiger partial charge < -0.3 is 14.8 Å². The molecule has 162 valence electrons. The Morgan fingerprint density at radius 1 is 1.06 bits per heavy atom. The second-order valence-electron chi connectivity index (χ2n) is 6.45. The number of ether oxygens (including phenoxy) is 2. The third-order valence-corrected chi connectivity index (χ3v) is 4.23. The lowest BCUT2D eigenvalue weighted by atomic mass is 10.1. The summed E-state index contributed by atoms with van der Waals surface area (Å²) < 4.78 is 38.1. The molecule has 1 heterocycles. The number of benzene rings is 2. The van der Waals surface area contributed by atoms with Crippen LogP contribution in [0.2, 0.25) is 0 Å². The molecule has 2 aromatic carbocycles. The number of halogens is 2. The second kappa shape index (κ2) is 10.3.